The van der Waals surface area contributed by atoms with Gasteiger partial charge in [0, 0.05) is 0 Å². The summed E-state index contributed by atoms with van der Waals surface area (Å²) >= 11 is 0. The Bertz CT molecular complexity index is 325. The van der Waals surface area contributed by atoms with Crippen molar-refractivity contribution in [1.29, 1.82) is 0 Å². The molecular formula is C10H13NO3. The van der Waals surface area contributed by atoms with Gasteiger partial charge in [-0.1, -0.05) is 24.3 Å². The number of benzene rings is 1. The first-order valence-electron chi connectivity index (χ1n) is 4.30. The highest BCUT2D eigenvalue weighted by molar-refractivity contribution is 5.69. The number of nitrogens with one attached hydrogen (secondary N) is 1. The summed E-state index contributed by atoms with van der Waals surface area (Å²) in [4.78, 5) is 10.2. The second-order valence-electron chi connectivity index (χ2n) is 3.03. The maximum absolute atomic E-state index is 10.2. The van der Waals surface area contributed by atoms with E-state index < -0.39 is 12.2 Å². The topological polar surface area (TPSA) is 69.6 Å². The Morgan fingerprint density at radius 1 is 1.50 bits per heavy atom. The first-order chi connectivity index (χ1) is 6.61. The number of rotatable bonds is 4. The maximum atomic E-state index is 10.2. The van der Waals surface area contributed by atoms with E-state index in [9.17, 15) is 9.90 Å². The third-order valence-electron chi connectivity index (χ3n) is 1.93. The highest BCUT2D eigenvalue weighted by atomic mass is 16.4. The van der Waals surface area contributed by atoms with Crippen LogP contribution in [0.1, 0.15) is 17.4 Å². The summed E-state index contributed by atoms with van der Waals surface area (Å²) in [6.45, 7) is 1.61. The van der Waals surface area contributed by atoms with Crippen LogP contribution in [0.25, 0.3) is 0 Å². The largest absolute Gasteiger partial charge is 0.480 e. The lowest BCUT2D eigenvalue weighted by molar-refractivity contribution is -0.136. The number of aryl methyl sites for hydroxylation is 1. The van der Waals surface area contributed by atoms with Crippen molar-refractivity contribution in [2.24, 2.45) is 0 Å². The minimum atomic E-state index is -0.988. The Kier molecular flexibility index (Phi) is 3.62. The first kappa shape index (κ1) is 10.7. The monoisotopic (exact) mass is 195 g/mol. The van der Waals surface area contributed by atoms with Crippen molar-refractivity contribution in [3.05, 3.63) is 35.4 Å². The zero-order valence-electron chi connectivity index (χ0n) is 7.90. The van der Waals surface area contributed by atoms with Gasteiger partial charge in [-0.3, -0.25) is 10.1 Å². The number of hydrogen-bond acceptors (Lipinski definition) is 3. The van der Waals surface area contributed by atoms with E-state index in [0.29, 0.717) is 5.56 Å². The van der Waals surface area contributed by atoms with Gasteiger partial charge in [-0.05, 0) is 18.1 Å². The molecular weight excluding hydrogens is 182 g/mol. The van der Waals surface area contributed by atoms with Gasteiger partial charge < -0.3 is 10.2 Å². The lowest BCUT2D eigenvalue weighted by Gasteiger charge is -2.13. The molecule has 0 aliphatic rings. The van der Waals surface area contributed by atoms with Crippen LogP contribution in [-0.2, 0) is 4.79 Å². The highest BCUT2D eigenvalue weighted by Gasteiger charge is 2.09. The van der Waals surface area contributed by atoms with E-state index in [4.69, 9.17) is 5.11 Å². The van der Waals surface area contributed by atoms with E-state index in [2.05, 4.69) is 5.32 Å². The van der Waals surface area contributed by atoms with Crippen molar-refractivity contribution in [2.75, 3.05) is 6.54 Å². The predicted octanol–water partition coefficient (Wildman–Crippen LogP) is 0.660. The summed E-state index contributed by atoms with van der Waals surface area (Å²) in [7, 11) is 0. The van der Waals surface area contributed by atoms with Crippen LogP contribution in [0.3, 0.4) is 0 Å². The third kappa shape index (κ3) is 2.83. The smallest absolute Gasteiger partial charge is 0.317 e. The molecule has 3 N–H and O–H groups in total. The lowest BCUT2D eigenvalue weighted by atomic mass is 10.1. The average molecular weight is 195 g/mol. The number of aliphatic hydroxyl groups excluding tert-OH is 1. The summed E-state index contributed by atoms with van der Waals surface area (Å²) < 4.78 is 0. The fourth-order valence-electron chi connectivity index (χ4n) is 1.19. The molecule has 1 rings (SSSR count). The molecule has 0 fully saturated rings. The van der Waals surface area contributed by atoms with Gasteiger partial charge in [-0.25, -0.2) is 0 Å². The zero-order chi connectivity index (χ0) is 10.6. The molecule has 0 bridgehead atoms. The van der Waals surface area contributed by atoms with Crippen molar-refractivity contribution >= 4 is 5.97 Å². The van der Waals surface area contributed by atoms with Crippen molar-refractivity contribution in [2.45, 2.75) is 13.2 Å². The molecule has 1 aromatic carbocycles. The molecule has 0 aliphatic carbocycles. The van der Waals surface area contributed by atoms with Crippen molar-refractivity contribution in [3.63, 3.8) is 0 Å². The molecule has 4 nitrogen and oxygen atoms in total. The molecule has 0 saturated carbocycles. The molecule has 0 saturated heterocycles. The Balaban J connectivity index is 2.65. The number of aliphatic hydroxyl groups is 1. The van der Waals surface area contributed by atoms with Crippen LogP contribution < -0.4 is 5.32 Å². The molecule has 0 aliphatic heterocycles. The molecule has 4 heteroatoms. The fraction of sp³-hybridized carbons (Fsp3) is 0.300. The molecule has 0 aromatic heterocycles. The van der Waals surface area contributed by atoms with Crippen LogP contribution in [0.15, 0.2) is 24.3 Å². The molecule has 1 unspecified atom stereocenters. The van der Waals surface area contributed by atoms with Gasteiger partial charge >= 0.3 is 5.97 Å². The van der Waals surface area contributed by atoms with E-state index in [1.165, 1.54) is 0 Å². The van der Waals surface area contributed by atoms with Crippen LogP contribution in [0.4, 0.5) is 0 Å². The van der Waals surface area contributed by atoms with Crippen LogP contribution in [0.2, 0.25) is 0 Å². The quantitative estimate of drug-likeness (QED) is 0.617. The summed E-state index contributed by atoms with van der Waals surface area (Å²) in [5.41, 5.74) is 1.63. The van der Waals surface area contributed by atoms with Crippen molar-refractivity contribution in [3.8, 4) is 0 Å². The van der Waals surface area contributed by atoms with Gasteiger partial charge in [0.25, 0.3) is 0 Å². The maximum Gasteiger partial charge on any atom is 0.317 e. The minimum absolute atomic E-state index is 0.254. The number of carbonyl (C=O) groups is 1. The van der Waals surface area contributed by atoms with Gasteiger partial charge in [-0.15, -0.1) is 0 Å². The minimum Gasteiger partial charge on any atom is -0.480 e. The summed E-state index contributed by atoms with van der Waals surface area (Å²) in [5.74, 6) is -0.988. The molecule has 1 atom stereocenters. The number of aliphatic carboxylic acids is 1. The lowest BCUT2D eigenvalue weighted by Crippen LogP contribution is -2.27. The normalized spacial score (nSPS) is 12.4. The fourth-order valence-corrected chi connectivity index (χ4v) is 1.19. The van der Waals surface area contributed by atoms with Crippen molar-refractivity contribution in [1.82, 2.24) is 5.32 Å². The van der Waals surface area contributed by atoms with E-state index in [0.717, 1.165) is 5.56 Å². The SMILES string of the molecule is Cc1ccccc1C(O)NCC(=O)O. The predicted molar refractivity (Wildman–Crippen MR) is 51.8 cm³/mol. The highest BCUT2D eigenvalue weighted by Crippen LogP contribution is 2.14. The van der Waals surface area contributed by atoms with E-state index in [1.54, 1.807) is 12.1 Å². The van der Waals surface area contributed by atoms with Gasteiger partial charge in [0.15, 0.2) is 0 Å². The molecule has 76 valence electrons. The molecule has 0 spiro atoms. The Hall–Kier alpha value is -1.39. The Labute approximate surface area is 82.2 Å². The van der Waals surface area contributed by atoms with Gasteiger partial charge in [-0.2, -0.15) is 0 Å². The van der Waals surface area contributed by atoms with Crippen LogP contribution in [0.5, 0.6) is 0 Å². The summed E-state index contributed by atoms with van der Waals surface area (Å²) in [6, 6.07) is 7.28. The molecule has 0 heterocycles. The Morgan fingerprint density at radius 2 is 2.14 bits per heavy atom. The summed E-state index contributed by atoms with van der Waals surface area (Å²) in [6.07, 6.45) is -0.924. The van der Waals surface area contributed by atoms with Crippen LogP contribution in [-0.4, -0.2) is 22.7 Å². The Morgan fingerprint density at radius 3 is 2.71 bits per heavy atom. The van der Waals surface area contributed by atoms with E-state index in [-0.39, 0.29) is 6.54 Å². The number of hydrogen-bond donors (Lipinski definition) is 3. The zero-order valence-corrected chi connectivity index (χ0v) is 7.90. The second kappa shape index (κ2) is 4.74. The van der Waals surface area contributed by atoms with Crippen LogP contribution >= 0.6 is 0 Å². The molecule has 14 heavy (non-hydrogen) atoms. The summed E-state index contributed by atoms with van der Waals surface area (Å²) in [5, 5.41) is 20.5. The van der Waals surface area contributed by atoms with Gasteiger partial charge in [0.2, 0.25) is 0 Å². The standard InChI is InChI=1S/C10H13NO3/c1-7-4-2-3-5-8(7)10(14)11-6-9(12)13/h2-5,10-11,14H,6H2,1H3,(H,12,13). The second-order valence-corrected chi connectivity index (χ2v) is 3.03. The van der Waals surface area contributed by atoms with Gasteiger partial charge in [0.1, 0.15) is 6.23 Å². The van der Waals surface area contributed by atoms with E-state index in [1.807, 2.05) is 19.1 Å². The number of carboxylic acid groups (broad SMARTS) is 1. The van der Waals surface area contributed by atoms with Gasteiger partial charge in [0.05, 0.1) is 6.54 Å². The molecule has 1 aromatic rings. The third-order valence-corrected chi connectivity index (χ3v) is 1.93. The van der Waals surface area contributed by atoms with E-state index >= 15 is 0 Å². The number of carboxylic acids is 1. The van der Waals surface area contributed by atoms with Crippen LogP contribution in [0, 0.1) is 6.92 Å². The van der Waals surface area contributed by atoms with Crippen molar-refractivity contribution < 1.29 is 15.0 Å². The molecule has 0 radical (unpaired) electrons. The average Bonchev–Trinajstić information content (AvgIpc) is 2.15. The molecule has 0 amide bonds. The first-order valence-corrected chi connectivity index (χ1v) is 4.30.